The molecule has 12 heavy (non-hydrogen) atoms. The second kappa shape index (κ2) is 2.72. The Morgan fingerprint density at radius 2 is 2.08 bits per heavy atom. The summed E-state index contributed by atoms with van der Waals surface area (Å²) in [4.78, 5) is 0.828. The van der Waals surface area contributed by atoms with Crippen molar-refractivity contribution in [2.75, 3.05) is 7.05 Å². The Labute approximate surface area is 77.1 Å². The second-order valence-electron chi connectivity index (χ2n) is 2.72. The van der Waals surface area contributed by atoms with Crippen molar-refractivity contribution in [2.24, 2.45) is 0 Å². The van der Waals surface area contributed by atoms with Crippen LogP contribution in [0, 0.1) is 0 Å². The summed E-state index contributed by atoms with van der Waals surface area (Å²) in [5.41, 5.74) is 3.70. The van der Waals surface area contributed by atoms with Crippen LogP contribution in [0.1, 0.15) is 11.1 Å². The number of fused-ring (bicyclic) bond motifs is 1. The van der Waals surface area contributed by atoms with Gasteiger partial charge in [-0.2, -0.15) is 0 Å². The Balaban J connectivity index is 2.34. The van der Waals surface area contributed by atoms with Gasteiger partial charge >= 0.3 is 0 Å². The van der Waals surface area contributed by atoms with Crippen LogP contribution in [0.2, 0.25) is 0 Å². The van der Waals surface area contributed by atoms with Gasteiger partial charge < -0.3 is 5.32 Å². The SMILES string of the molecule is CNC(=S)C1=Cc2ccccc21. The Morgan fingerprint density at radius 1 is 1.33 bits per heavy atom. The van der Waals surface area contributed by atoms with E-state index in [-0.39, 0.29) is 0 Å². The van der Waals surface area contributed by atoms with Crippen molar-refractivity contribution >= 4 is 28.9 Å². The van der Waals surface area contributed by atoms with Crippen LogP contribution in [0.4, 0.5) is 0 Å². The van der Waals surface area contributed by atoms with Gasteiger partial charge in [-0.25, -0.2) is 0 Å². The lowest BCUT2D eigenvalue weighted by Gasteiger charge is -2.19. The smallest absolute Gasteiger partial charge is 0.106 e. The number of hydrogen-bond acceptors (Lipinski definition) is 1. The predicted molar refractivity (Wildman–Crippen MR) is 56.0 cm³/mol. The number of nitrogens with one attached hydrogen (secondary N) is 1. The monoisotopic (exact) mass is 175 g/mol. The van der Waals surface area contributed by atoms with Crippen molar-refractivity contribution in [3.63, 3.8) is 0 Å². The topological polar surface area (TPSA) is 12.0 Å². The van der Waals surface area contributed by atoms with Crippen LogP contribution in [-0.2, 0) is 0 Å². The molecule has 0 aliphatic heterocycles. The highest BCUT2D eigenvalue weighted by Crippen LogP contribution is 2.32. The Bertz CT molecular complexity index is 366. The van der Waals surface area contributed by atoms with Crippen molar-refractivity contribution in [3.05, 3.63) is 35.4 Å². The van der Waals surface area contributed by atoms with Gasteiger partial charge in [0.2, 0.25) is 0 Å². The normalized spacial score (nSPS) is 12.6. The zero-order chi connectivity index (χ0) is 8.55. The molecule has 0 saturated heterocycles. The highest BCUT2D eigenvalue weighted by molar-refractivity contribution is 7.81. The van der Waals surface area contributed by atoms with Crippen LogP contribution in [0.25, 0.3) is 11.6 Å². The molecule has 0 unspecified atom stereocenters. The average Bonchev–Trinajstić information content (AvgIpc) is 2.07. The molecule has 0 heterocycles. The van der Waals surface area contributed by atoms with E-state index in [0.717, 1.165) is 10.6 Å². The molecule has 0 radical (unpaired) electrons. The maximum absolute atomic E-state index is 5.13. The third kappa shape index (κ3) is 0.959. The molecule has 1 aromatic carbocycles. The highest BCUT2D eigenvalue weighted by Gasteiger charge is 2.17. The summed E-state index contributed by atoms with van der Waals surface area (Å²) in [5.74, 6) is 0. The summed E-state index contributed by atoms with van der Waals surface area (Å²) in [6.45, 7) is 0. The van der Waals surface area contributed by atoms with Crippen LogP contribution in [0.15, 0.2) is 24.3 Å². The summed E-state index contributed by atoms with van der Waals surface area (Å²) in [6, 6.07) is 8.25. The van der Waals surface area contributed by atoms with Crippen LogP contribution < -0.4 is 5.32 Å². The summed E-state index contributed by atoms with van der Waals surface area (Å²) in [6.07, 6.45) is 2.11. The minimum Gasteiger partial charge on any atom is -0.379 e. The third-order valence-corrected chi connectivity index (χ3v) is 2.45. The van der Waals surface area contributed by atoms with Crippen LogP contribution in [0.3, 0.4) is 0 Å². The molecule has 2 rings (SSSR count). The number of likely N-dealkylation sites (N-methyl/N-ethyl adjacent to an activating group) is 1. The van der Waals surface area contributed by atoms with E-state index in [1.807, 2.05) is 19.2 Å². The van der Waals surface area contributed by atoms with Crippen LogP contribution in [0.5, 0.6) is 0 Å². The summed E-state index contributed by atoms with van der Waals surface area (Å²) < 4.78 is 0. The molecule has 0 aromatic heterocycles. The fourth-order valence-electron chi connectivity index (χ4n) is 1.35. The lowest BCUT2D eigenvalue weighted by molar-refractivity contribution is 1.21. The lowest BCUT2D eigenvalue weighted by atomic mass is 9.89. The molecular formula is C10H9NS. The molecule has 1 N–H and O–H groups in total. The molecular weight excluding hydrogens is 166 g/mol. The van der Waals surface area contributed by atoms with E-state index in [2.05, 4.69) is 23.5 Å². The molecule has 0 atom stereocenters. The van der Waals surface area contributed by atoms with Crippen molar-refractivity contribution in [1.29, 1.82) is 0 Å². The Morgan fingerprint density at radius 3 is 2.75 bits per heavy atom. The molecule has 2 heteroatoms. The minimum atomic E-state index is 0.828. The maximum Gasteiger partial charge on any atom is 0.106 e. The largest absolute Gasteiger partial charge is 0.379 e. The molecule has 0 spiro atoms. The van der Waals surface area contributed by atoms with E-state index in [1.165, 1.54) is 11.1 Å². The van der Waals surface area contributed by atoms with Crippen molar-refractivity contribution in [3.8, 4) is 0 Å². The van der Waals surface area contributed by atoms with Crippen molar-refractivity contribution in [2.45, 2.75) is 0 Å². The fourth-order valence-corrected chi connectivity index (χ4v) is 1.52. The van der Waals surface area contributed by atoms with E-state index in [4.69, 9.17) is 12.2 Å². The number of hydrogen-bond donors (Lipinski definition) is 1. The van der Waals surface area contributed by atoms with Crippen molar-refractivity contribution in [1.82, 2.24) is 5.32 Å². The summed E-state index contributed by atoms with van der Waals surface area (Å²) >= 11 is 5.13. The van der Waals surface area contributed by atoms with Gasteiger partial charge in [0, 0.05) is 12.6 Å². The quantitative estimate of drug-likeness (QED) is 0.656. The first-order valence-corrected chi connectivity index (χ1v) is 4.27. The number of benzene rings is 1. The molecule has 0 bridgehead atoms. The van der Waals surface area contributed by atoms with E-state index in [9.17, 15) is 0 Å². The van der Waals surface area contributed by atoms with Gasteiger partial charge in [0.15, 0.2) is 0 Å². The molecule has 1 aliphatic rings. The minimum absolute atomic E-state index is 0.828. The lowest BCUT2D eigenvalue weighted by Crippen LogP contribution is -2.20. The fraction of sp³-hybridized carbons (Fsp3) is 0.100. The Hall–Kier alpha value is -1.15. The molecule has 0 amide bonds. The van der Waals surface area contributed by atoms with Crippen molar-refractivity contribution < 1.29 is 0 Å². The first-order chi connectivity index (χ1) is 5.83. The van der Waals surface area contributed by atoms with E-state index < -0.39 is 0 Å². The summed E-state index contributed by atoms with van der Waals surface area (Å²) in [5, 5.41) is 2.97. The number of thiocarbonyl (C=S) groups is 1. The molecule has 1 aliphatic carbocycles. The standard InChI is InChI=1S/C10H9NS/c1-11-10(12)9-6-7-4-2-3-5-8(7)9/h2-6H,1H3,(H,11,12). The van der Waals surface area contributed by atoms with E-state index >= 15 is 0 Å². The predicted octanol–water partition coefficient (Wildman–Crippen LogP) is 2.09. The third-order valence-electron chi connectivity index (χ3n) is 2.02. The van der Waals surface area contributed by atoms with Crippen LogP contribution >= 0.6 is 12.2 Å². The first kappa shape index (κ1) is 7.50. The molecule has 0 saturated carbocycles. The zero-order valence-corrected chi connectivity index (χ0v) is 7.61. The van der Waals surface area contributed by atoms with Gasteiger partial charge in [0.05, 0.1) is 0 Å². The average molecular weight is 175 g/mol. The van der Waals surface area contributed by atoms with E-state index in [0.29, 0.717) is 0 Å². The van der Waals surface area contributed by atoms with Crippen LogP contribution in [-0.4, -0.2) is 12.0 Å². The summed E-state index contributed by atoms with van der Waals surface area (Å²) in [7, 11) is 1.85. The van der Waals surface area contributed by atoms with Gasteiger partial charge in [-0.3, -0.25) is 0 Å². The van der Waals surface area contributed by atoms with E-state index in [1.54, 1.807) is 0 Å². The van der Waals surface area contributed by atoms with Gasteiger partial charge in [0.1, 0.15) is 4.99 Å². The maximum atomic E-state index is 5.13. The van der Waals surface area contributed by atoms with Gasteiger partial charge in [-0.15, -0.1) is 0 Å². The van der Waals surface area contributed by atoms with Gasteiger partial charge in [-0.1, -0.05) is 36.5 Å². The molecule has 0 fully saturated rings. The molecule has 1 nitrogen and oxygen atoms in total. The zero-order valence-electron chi connectivity index (χ0n) is 6.79. The highest BCUT2D eigenvalue weighted by atomic mass is 32.1. The Kier molecular flexibility index (Phi) is 1.70. The van der Waals surface area contributed by atoms with Gasteiger partial charge in [0.25, 0.3) is 0 Å². The second-order valence-corrected chi connectivity index (χ2v) is 3.13. The molecule has 1 aromatic rings. The van der Waals surface area contributed by atoms with Gasteiger partial charge in [-0.05, 0) is 17.2 Å². The first-order valence-electron chi connectivity index (χ1n) is 3.86. The number of rotatable bonds is 1. The molecule has 60 valence electrons.